The minimum absolute atomic E-state index is 0.00742. The van der Waals surface area contributed by atoms with Crippen LogP contribution < -0.4 is 5.32 Å². The molecule has 3 nitrogen and oxygen atoms in total. The van der Waals surface area contributed by atoms with Crippen LogP contribution in [0.25, 0.3) is 0 Å². The molecule has 0 bridgehead atoms. The van der Waals surface area contributed by atoms with Crippen molar-refractivity contribution < 1.29 is 9.90 Å². The lowest BCUT2D eigenvalue weighted by Gasteiger charge is -2.07. The first-order valence-corrected chi connectivity index (χ1v) is 11.4. The minimum atomic E-state index is -0.582. The first-order valence-electron chi connectivity index (χ1n) is 8.83. The fourth-order valence-electron chi connectivity index (χ4n) is 2.62. The minimum Gasteiger partial charge on any atom is -0.382 e. The Bertz CT molecular complexity index is 854. The lowest BCUT2D eigenvalue weighted by molar-refractivity contribution is -0.120. The number of benzene rings is 1. The van der Waals surface area contributed by atoms with Gasteiger partial charge >= 0.3 is 0 Å². The molecule has 6 heteroatoms. The Morgan fingerprint density at radius 2 is 1.89 bits per heavy atom. The van der Waals surface area contributed by atoms with Gasteiger partial charge in [-0.25, -0.2) is 0 Å². The van der Waals surface area contributed by atoms with Crippen LogP contribution in [0.3, 0.4) is 0 Å². The molecule has 1 atom stereocenters. The monoisotopic (exact) mass is 417 g/mol. The van der Waals surface area contributed by atoms with Crippen molar-refractivity contribution in [2.24, 2.45) is 0 Å². The topological polar surface area (TPSA) is 49.3 Å². The number of carbonyl (C=O) groups excluding carboxylic acids is 1. The molecule has 0 aliphatic carbocycles. The normalized spacial score (nSPS) is 12.3. The fraction of sp³-hybridized carbons (Fsp3) is 0.286. The Kier molecular flexibility index (Phi) is 7.13. The van der Waals surface area contributed by atoms with Gasteiger partial charge in [-0.3, -0.25) is 4.79 Å². The largest absolute Gasteiger partial charge is 0.382 e. The summed E-state index contributed by atoms with van der Waals surface area (Å²) in [7, 11) is 0. The van der Waals surface area contributed by atoms with E-state index < -0.39 is 6.10 Å². The van der Waals surface area contributed by atoms with Gasteiger partial charge in [0.15, 0.2) is 0 Å². The molecule has 1 aromatic carbocycles. The maximum absolute atomic E-state index is 12.2. The smallest absolute Gasteiger partial charge is 0.224 e. The zero-order chi connectivity index (χ0) is 19.2. The molecule has 0 saturated heterocycles. The van der Waals surface area contributed by atoms with E-state index in [1.54, 1.807) is 11.3 Å². The predicted octanol–water partition coefficient (Wildman–Crippen LogP) is 5.25. The Hall–Kier alpha value is -1.60. The summed E-state index contributed by atoms with van der Waals surface area (Å²) < 4.78 is 0. The number of thiophene rings is 2. The van der Waals surface area contributed by atoms with Gasteiger partial charge in [-0.05, 0) is 41.3 Å². The van der Waals surface area contributed by atoms with Gasteiger partial charge in [-0.1, -0.05) is 32.0 Å². The molecule has 1 unspecified atom stereocenters. The third-order valence-corrected chi connectivity index (χ3v) is 6.96. The maximum atomic E-state index is 12.2. The highest BCUT2D eigenvalue weighted by atomic mass is 32.2. The average molecular weight is 418 g/mol. The standard InChI is InChI=1S/C21H23NO2S3/c1-14(2)26-16-7-5-15(6-8-16)12-20(23)22-13-17-9-10-19(27-17)21(24)18-4-3-11-25-18/h3-11,14,21,24H,12-13H2,1-2H3,(H,22,23). The Morgan fingerprint density at radius 1 is 1.11 bits per heavy atom. The van der Waals surface area contributed by atoms with Crippen molar-refractivity contribution in [2.45, 2.75) is 43.1 Å². The zero-order valence-electron chi connectivity index (χ0n) is 15.3. The van der Waals surface area contributed by atoms with Gasteiger partial charge in [0.1, 0.15) is 6.10 Å². The number of carbonyl (C=O) groups is 1. The lowest BCUT2D eigenvalue weighted by atomic mass is 10.1. The van der Waals surface area contributed by atoms with E-state index >= 15 is 0 Å². The second-order valence-corrected chi connectivity index (χ2v) is 10.3. The van der Waals surface area contributed by atoms with Gasteiger partial charge in [0, 0.05) is 24.8 Å². The fourth-order valence-corrected chi connectivity index (χ4v) is 5.21. The molecule has 142 valence electrons. The number of aliphatic hydroxyl groups excluding tert-OH is 1. The molecular formula is C21H23NO2S3. The van der Waals surface area contributed by atoms with Crippen LogP contribution in [0.15, 0.2) is 58.8 Å². The third kappa shape index (κ3) is 5.94. The van der Waals surface area contributed by atoms with Gasteiger partial charge < -0.3 is 10.4 Å². The van der Waals surface area contributed by atoms with E-state index in [-0.39, 0.29) is 5.91 Å². The number of nitrogens with one attached hydrogen (secondary N) is 1. The molecule has 0 radical (unpaired) electrons. The van der Waals surface area contributed by atoms with Crippen LogP contribution in [0.5, 0.6) is 0 Å². The quantitative estimate of drug-likeness (QED) is 0.492. The van der Waals surface area contributed by atoms with Gasteiger partial charge in [0.05, 0.1) is 13.0 Å². The lowest BCUT2D eigenvalue weighted by Crippen LogP contribution is -2.24. The maximum Gasteiger partial charge on any atom is 0.224 e. The number of aliphatic hydroxyl groups is 1. The van der Waals surface area contributed by atoms with Gasteiger partial charge in [-0.2, -0.15) is 0 Å². The van der Waals surface area contributed by atoms with E-state index in [1.165, 1.54) is 16.2 Å². The molecule has 0 fully saturated rings. The number of hydrogen-bond acceptors (Lipinski definition) is 5. The van der Waals surface area contributed by atoms with Crippen molar-refractivity contribution in [3.05, 3.63) is 74.1 Å². The Balaban J connectivity index is 1.49. The van der Waals surface area contributed by atoms with Crippen LogP contribution in [0.4, 0.5) is 0 Å². The number of hydrogen-bond donors (Lipinski definition) is 2. The highest BCUT2D eigenvalue weighted by Gasteiger charge is 2.14. The number of rotatable bonds is 8. The number of amides is 1. The SMILES string of the molecule is CC(C)Sc1ccc(CC(=O)NCc2ccc(C(O)c3cccs3)s2)cc1. The van der Waals surface area contributed by atoms with Crippen molar-refractivity contribution >= 4 is 40.3 Å². The van der Waals surface area contributed by atoms with Crippen molar-refractivity contribution in [3.8, 4) is 0 Å². The van der Waals surface area contributed by atoms with E-state index in [0.717, 1.165) is 20.2 Å². The van der Waals surface area contributed by atoms with Gasteiger partial charge in [0.25, 0.3) is 0 Å². The van der Waals surface area contributed by atoms with E-state index in [2.05, 4.69) is 31.3 Å². The van der Waals surface area contributed by atoms with E-state index in [1.807, 2.05) is 53.5 Å². The van der Waals surface area contributed by atoms with Crippen LogP contribution >= 0.6 is 34.4 Å². The molecule has 1 amide bonds. The van der Waals surface area contributed by atoms with E-state index in [4.69, 9.17) is 0 Å². The molecule has 2 heterocycles. The molecule has 0 spiro atoms. The summed E-state index contributed by atoms with van der Waals surface area (Å²) in [5, 5.41) is 15.9. The van der Waals surface area contributed by atoms with Crippen molar-refractivity contribution in [1.82, 2.24) is 5.32 Å². The summed E-state index contributed by atoms with van der Waals surface area (Å²) in [5.74, 6) is 0.00742. The molecule has 2 aromatic heterocycles. The van der Waals surface area contributed by atoms with Gasteiger partial charge in [-0.15, -0.1) is 34.4 Å². The Labute approximate surface area is 172 Å². The second kappa shape index (κ2) is 9.55. The van der Waals surface area contributed by atoms with Crippen LogP contribution in [-0.4, -0.2) is 16.3 Å². The highest BCUT2D eigenvalue weighted by Crippen LogP contribution is 2.30. The molecule has 0 aliphatic heterocycles. The summed E-state index contributed by atoms with van der Waals surface area (Å²) in [5.41, 5.74) is 1.01. The highest BCUT2D eigenvalue weighted by molar-refractivity contribution is 7.99. The molecular weight excluding hydrogens is 394 g/mol. The van der Waals surface area contributed by atoms with Crippen molar-refractivity contribution in [3.63, 3.8) is 0 Å². The third-order valence-electron chi connectivity index (χ3n) is 3.88. The van der Waals surface area contributed by atoms with Crippen molar-refractivity contribution in [2.75, 3.05) is 0 Å². The number of thioether (sulfide) groups is 1. The summed E-state index contributed by atoms with van der Waals surface area (Å²) in [4.78, 5) is 16.3. The first kappa shape index (κ1) is 20.1. The molecule has 3 aromatic rings. The van der Waals surface area contributed by atoms with Crippen LogP contribution in [0, 0.1) is 0 Å². The summed E-state index contributed by atoms with van der Waals surface area (Å²) in [6.45, 7) is 4.82. The summed E-state index contributed by atoms with van der Waals surface area (Å²) in [6.07, 6.45) is -0.204. The average Bonchev–Trinajstić information content (AvgIpc) is 3.33. The predicted molar refractivity (Wildman–Crippen MR) is 116 cm³/mol. The van der Waals surface area contributed by atoms with E-state index in [9.17, 15) is 9.90 Å². The van der Waals surface area contributed by atoms with Crippen LogP contribution in [0.1, 0.15) is 40.1 Å². The first-order chi connectivity index (χ1) is 13.0. The molecule has 0 saturated carbocycles. The summed E-state index contributed by atoms with van der Waals surface area (Å²) >= 11 is 4.90. The van der Waals surface area contributed by atoms with E-state index in [0.29, 0.717) is 18.2 Å². The zero-order valence-corrected chi connectivity index (χ0v) is 17.8. The van der Waals surface area contributed by atoms with Crippen LogP contribution in [0.2, 0.25) is 0 Å². The molecule has 3 rings (SSSR count). The molecule has 2 N–H and O–H groups in total. The van der Waals surface area contributed by atoms with Crippen LogP contribution in [-0.2, 0) is 17.8 Å². The molecule has 27 heavy (non-hydrogen) atoms. The Morgan fingerprint density at radius 3 is 2.56 bits per heavy atom. The van der Waals surface area contributed by atoms with Crippen molar-refractivity contribution in [1.29, 1.82) is 0 Å². The molecule has 0 aliphatic rings. The van der Waals surface area contributed by atoms with Gasteiger partial charge in [0.2, 0.25) is 5.91 Å². The summed E-state index contributed by atoms with van der Waals surface area (Å²) in [6, 6.07) is 16.0. The second-order valence-electron chi connectivity index (χ2n) is 6.49.